The van der Waals surface area contributed by atoms with E-state index < -0.39 is 0 Å². The highest BCUT2D eigenvalue weighted by atomic mass is 32.1. The molecule has 2 aromatic carbocycles. The topological polar surface area (TPSA) is 57.2 Å². The predicted octanol–water partition coefficient (Wildman–Crippen LogP) is 4.70. The molecule has 0 aliphatic heterocycles. The number of benzene rings is 2. The quantitative estimate of drug-likeness (QED) is 0.284. The van der Waals surface area contributed by atoms with Crippen molar-refractivity contribution < 1.29 is 9.53 Å². The first kappa shape index (κ1) is 26.7. The number of aliphatic imine (C=N–C) groups is 1. The number of carbonyl (C=O) groups is 1. The van der Waals surface area contributed by atoms with E-state index in [4.69, 9.17) is 4.74 Å². The number of aryl methyl sites for hydroxylation is 2. The summed E-state index contributed by atoms with van der Waals surface area (Å²) in [6, 6.07) is 14.5. The van der Waals surface area contributed by atoms with Gasteiger partial charge in [-0.1, -0.05) is 37.1 Å². The molecule has 180 valence electrons. The second kappa shape index (κ2) is 13.3. The van der Waals surface area contributed by atoms with Crippen molar-refractivity contribution in [2.75, 3.05) is 45.8 Å². The predicted molar refractivity (Wildman–Crippen MR) is 142 cm³/mol. The van der Waals surface area contributed by atoms with Crippen molar-refractivity contribution >= 4 is 30.2 Å². The smallest absolute Gasteiger partial charge is 0.254 e. The van der Waals surface area contributed by atoms with Crippen molar-refractivity contribution in [1.29, 1.82) is 0 Å². The largest absolute Gasteiger partial charge is 0.378 e. The van der Waals surface area contributed by atoms with Crippen molar-refractivity contribution in [3.8, 4) is 0 Å². The van der Waals surface area contributed by atoms with Crippen molar-refractivity contribution in [2.45, 2.75) is 39.7 Å². The standard InChI is InChI=1S/C26H38N4O2S/c1-7-30(16-8-9-21-11-14-23(15-12-21)29(4)5)26(31)24-17-22(13-10-19(24)2)20(3)27-25(28-33)18-32-6/h10-15,17,20,33H,7-9,16,18H2,1-6H3,(H,27,28). The zero-order chi connectivity index (χ0) is 24.4. The number of rotatable bonds is 11. The second-order valence-electron chi connectivity index (χ2n) is 8.42. The van der Waals surface area contributed by atoms with E-state index in [1.807, 2.05) is 58.0 Å². The van der Waals surface area contributed by atoms with E-state index in [0.29, 0.717) is 19.0 Å². The average Bonchev–Trinajstić information content (AvgIpc) is 2.81. The van der Waals surface area contributed by atoms with Crippen molar-refractivity contribution in [3.63, 3.8) is 0 Å². The third-order valence-electron chi connectivity index (χ3n) is 5.75. The van der Waals surface area contributed by atoms with Crippen molar-refractivity contribution in [1.82, 2.24) is 9.62 Å². The normalized spacial score (nSPS) is 12.4. The van der Waals surface area contributed by atoms with Gasteiger partial charge in [-0.05, 0) is 68.5 Å². The van der Waals surface area contributed by atoms with Gasteiger partial charge in [-0.2, -0.15) is 0 Å². The summed E-state index contributed by atoms with van der Waals surface area (Å²) < 4.78 is 7.91. The number of hydrogen-bond acceptors (Lipinski definition) is 5. The number of amidine groups is 1. The minimum atomic E-state index is -0.123. The molecule has 0 bridgehead atoms. The third kappa shape index (κ3) is 7.79. The van der Waals surface area contributed by atoms with E-state index in [2.05, 4.69) is 51.7 Å². The molecular weight excluding hydrogens is 432 g/mol. The number of anilines is 1. The minimum Gasteiger partial charge on any atom is -0.378 e. The van der Waals surface area contributed by atoms with Gasteiger partial charge in [0.1, 0.15) is 12.4 Å². The summed E-state index contributed by atoms with van der Waals surface area (Å²) in [6.07, 6.45) is 1.87. The van der Waals surface area contributed by atoms with Crippen LogP contribution in [0.15, 0.2) is 47.5 Å². The van der Waals surface area contributed by atoms with E-state index in [1.54, 1.807) is 7.11 Å². The number of thiol groups is 1. The fraction of sp³-hybridized carbons (Fsp3) is 0.462. The van der Waals surface area contributed by atoms with Crippen LogP contribution in [0.3, 0.4) is 0 Å². The van der Waals surface area contributed by atoms with Gasteiger partial charge in [0.05, 0.1) is 6.04 Å². The maximum atomic E-state index is 13.4. The SMILES string of the molecule is CCN(CCCc1ccc(N(C)C)cc1)C(=O)c1cc(C(C)N=C(COC)NS)ccc1C. The maximum absolute atomic E-state index is 13.4. The Bertz CT molecular complexity index is 928. The molecule has 0 saturated carbocycles. The van der Waals surface area contributed by atoms with Gasteiger partial charge in [-0.15, -0.1) is 0 Å². The van der Waals surface area contributed by atoms with Gasteiger partial charge in [0.15, 0.2) is 0 Å². The van der Waals surface area contributed by atoms with Gasteiger partial charge in [-0.25, -0.2) is 0 Å². The molecule has 1 unspecified atom stereocenters. The van der Waals surface area contributed by atoms with Crippen LogP contribution in [0.5, 0.6) is 0 Å². The number of hydrogen-bond donors (Lipinski definition) is 2. The van der Waals surface area contributed by atoms with E-state index in [9.17, 15) is 4.79 Å². The summed E-state index contributed by atoms with van der Waals surface area (Å²) in [5.41, 5.74) is 5.18. The molecule has 6 nitrogen and oxygen atoms in total. The highest BCUT2D eigenvalue weighted by Gasteiger charge is 2.18. The monoisotopic (exact) mass is 470 g/mol. The number of methoxy groups -OCH3 is 1. The van der Waals surface area contributed by atoms with E-state index >= 15 is 0 Å². The Morgan fingerprint density at radius 3 is 2.45 bits per heavy atom. The number of nitrogens with one attached hydrogen (secondary N) is 1. The molecule has 1 atom stereocenters. The average molecular weight is 471 g/mol. The van der Waals surface area contributed by atoms with Crippen molar-refractivity contribution in [3.05, 3.63) is 64.7 Å². The highest BCUT2D eigenvalue weighted by Crippen LogP contribution is 2.22. The van der Waals surface area contributed by atoms with Crippen LogP contribution < -0.4 is 9.62 Å². The van der Waals surface area contributed by atoms with Crippen LogP contribution in [0.4, 0.5) is 5.69 Å². The Hall–Kier alpha value is -2.51. The number of amides is 1. The summed E-state index contributed by atoms with van der Waals surface area (Å²) in [6.45, 7) is 7.77. The minimum absolute atomic E-state index is 0.0698. The molecule has 0 aromatic heterocycles. The molecule has 2 aromatic rings. The van der Waals surface area contributed by atoms with Crippen LogP contribution in [0, 0.1) is 6.92 Å². The molecule has 33 heavy (non-hydrogen) atoms. The molecule has 0 aliphatic carbocycles. The van der Waals surface area contributed by atoms with Crippen LogP contribution >= 0.6 is 12.8 Å². The van der Waals surface area contributed by atoms with Gasteiger partial charge in [0, 0.05) is 45.5 Å². The molecule has 0 spiro atoms. The van der Waals surface area contributed by atoms with E-state index in [1.165, 1.54) is 11.3 Å². The summed E-state index contributed by atoms with van der Waals surface area (Å²) in [7, 11) is 5.70. The molecule has 1 N–H and O–H groups in total. The zero-order valence-corrected chi connectivity index (χ0v) is 21.7. The van der Waals surface area contributed by atoms with Gasteiger partial charge in [0.2, 0.25) is 0 Å². The summed E-state index contributed by atoms with van der Waals surface area (Å²) >= 11 is 4.09. The fourth-order valence-corrected chi connectivity index (χ4v) is 3.80. The van der Waals surface area contributed by atoms with Crippen LogP contribution in [-0.2, 0) is 11.2 Å². The summed E-state index contributed by atoms with van der Waals surface area (Å²) in [5.74, 6) is 0.719. The van der Waals surface area contributed by atoms with Crippen LogP contribution in [0.25, 0.3) is 0 Å². The first-order chi connectivity index (χ1) is 15.8. The molecule has 0 radical (unpaired) electrons. The summed E-state index contributed by atoms with van der Waals surface area (Å²) in [4.78, 5) is 22.0. The first-order valence-corrected chi connectivity index (χ1v) is 11.9. The zero-order valence-electron chi connectivity index (χ0n) is 20.8. The fourth-order valence-electron chi connectivity index (χ4n) is 3.68. The molecule has 0 saturated heterocycles. The Balaban J connectivity index is 2.08. The third-order valence-corrected chi connectivity index (χ3v) is 6.01. The lowest BCUT2D eigenvalue weighted by Gasteiger charge is -2.23. The molecule has 0 fully saturated rings. The van der Waals surface area contributed by atoms with Gasteiger partial charge in [0.25, 0.3) is 5.91 Å². The van der Waals surface area contributed by atoms with Crippen LogP contribution in [-0.4, -0.2) is 57.5 Å². The molecule has 1 amide bonds. The Morgan fingerprint density at radius 1 is 1.18 bits per heavy atom. The molecular formula is C26H38N4O2S. The van der Waals surface area contributed by atoms with Gasteiger partial charge in [-0.3, -0.25) is 9.79 Å². The molecule has 2 rings (SSSR count). The van der Waals surface area contributed by atoms with Crippen LogP contribution in [0.2, 0.25) is 0 Å². The summed E-state index contributed by atoms with van der Waals surface area (Å²) in [5, 5.41) is 0. The number of nitrogens with zero attached hydrogens (tertiary/aromatic N) is 3. The number of carbonyl (C=O) groups excluding carboxylic acids is 1. The molecule has 0 aliphatic rings. The van der Waals surface area contributed by atoms with Gasteiger partial charge < -0.3 is 19.3 Å². The Labute approximate surface area is 204 Å². The van der Waals surface area contributed by atoms with Gasteiger partial charge >= 0.3 is 0 Å². The van der Waals surface area contributed by atoms with Crippen LogP contribution in [0.1, 0.15) is 53.4 Å². The number of ether oxygens (including phenoxy) is 1. The maximum Gasteiger partial charge on any atom is 0.254 e. The Morgan fingerprint density at radius 2 is 1.88 bits per heavy atom. The highest BCUT2D eigenvalue weighted by molar-refractivity contribution is 7.78. The lowest BCUT2D eigenvalue weighted by atomic mass is 10.00. The second-order valence-corrected chi connectivity index (χ2v) is 8.64. The van der Waals surface area contributed by atoms with Crippen molar-refractivity contribution in [2.24, 2.45) is 4.99 Å². The van der Waals surface area contributed by atoms with E-state index in [0.717, 1.165) is 36.1 Å². The van der Waals surface area contributed by atoms with E-state index in [-0.39, 0.29) is 11.9 Å². The molecule has 7 heteroatoms. The Kier molecular flexibility index (Phi) is 10.7. The lowest BCUT2D eigenvalue weighted by molar-refractivity contribution is 0.0762. The first-order valence-electron chi connectivity index (χ1n) is 11.4. The molecule has 0 heterocycles. The lowest BCUT2D eigenvalue weighted by Crippen LogP contribution is -2.32.